The zero-order chi connectivity index (χ0) is 11.6. The van der Waals surface area contributed by atoms with Crippen LogP contribution in [0.4, 0.5) is 13.2 Å². The summed E-state index contributed by atoms with van der Waals surface area (Å²) in [5, 5.41) is 11.4. The number of halogens is 3. The van der Waals surface area contributed by atoms with Crippen LogP contribution in [0.5, 0.6) is 0 Å². The van der Waals surface area contributed by atoms with Crippen LogP contribution in [0.1, 0.15) is 23.6 Å². The average Bonchev–Trinajstić information content (AvgIpc) is 2.15. The SMILES string of the molecule is CC(=NO)c1cccc(C(F)(F)F)c1C. The molecule has 0 saturated carbocycles. The van der Waals surface area contributed by atoms with Crippen molar-refractivity contribution in [2.45, 2.75) is 20.0 Å². The molecule has 1 aromatic rings. The van der Waals surface area contributed by atoms with Crippen molar-refractivity contribution in [3.63, 3.8) is 0 Å². The molecule has 0 aromatic heterocycles. The molecule has 0 spiro atoms. The van der Waals surface area contributed by atoms with Gasteiger partial charge < -0.3 is 5.21 Å². The number of oxime groups is 1. The number of benzene rings is 1. The Kier molecular flexibility index (Phi) is 3.02. The van der Waals surface area contributed by atoms with E-state index in [0.717, 1.165) is 6.07 Å². The highest BCUT2D eigenvalue weighted by Crippen LogP contribution is 2.32. The minimum Gasteiger partial charge on any atom is -0.411 e. The van der Waals surface area contributed by atoms with Crippen LogP contribution >= 0.6 is 0 Å². The Bertz CT molecular complexity index is 396. The normalized spacial score (nSPS) is 13.0. The summed E-state index contributed by atoms with van der Waals surface area (Å²) in [6.07, 6.45) is -4.38. The second kappa shape index (κ2) is 3.92. The molecule has 0 bridgehead atoms. The Labute approximate surface area is 85.0 Å². The van der Waals surface area contributed by atoms with E-state index < -0.39 is 11.7 Å². The lowest BCUT2D eigenvalue weighted by Crippen LogP contribution is -2.10. The highest BCUT2D eigenvalue weighted by atomic mass is 19.4. The number of hydrogen-bond acceptors (Lipinski definition) is 2. The van der Waals surface area contributed by atoms with Gasteiger partial charge in [-0.05, 0) is 25.5 Å². The van der Waals surface area contributed by atoms with Gasteiger partial charge in [0.15, 0.2) is 0 Å². The standard InChI is InChI=1S/C10H10F3NO/c1-6-8(7(2)14-15)4-3-5-9(6)10(11,12)13/h3-5,15H,1-2H3. The van der Waals surface area contributed by atoms with E-state index >= 15 is 0 Å². The molecule has 5 heteroatoms. The summed E-state index contributed by atoms with van der Waals surface area (Å²) < 4.78 is 37.5. The quantitative estimate of drug-likeness (QED) is 0.437. The molecule has 2 nitrogen and oxygen atoms in total. The summed E-state index contributed by atoms with van der Waals surface area (Å²) >= 11 is 0. The first-order valence-electron chi connectivity index (χ1n) is 4.23. The van der Waals surface area contributed by atoms with Gasteiger partial charge in [-0.15, -0.1) is 0 Å². The third-order valence-corrected chi connectivity index (χ3v) is 2.18. The molecule has 0 amide bonds. The third kappa shape index (κ3) is 2.29. The second-order valence-electron chi connectivity index (χ2n) is 3.16. The summed E-state index contributed by atoms with van der Waals surface area (Å²) in [5.74, 6) is 0. The van der Waals surface area contributed by atoms with Crippen LogP contribution in [0.25, 0.3) is 0 Å². The lowest BCUT2D eigenvalue weighted by Gasteiger charge is -2.12. The van der Waals surface area contributed by atoms with Crippen LogP contribution in [0.2, 0.25) is 0 Å². The predicted octanol–water partition coefficient (Wildman–Crippen LogP) is 3.21. The maximum Gasteiger partial charge on any atom is 0.416 e. The van der Waals surface area contributed by atoms with Crippen molar-refractivity contribution in [2.24, 2.45) is 5.16 Å². The van der Waals surface area contributed by atoms with Gasteiger partial charge in [-0.25, -0.2) is 0 Å². The van der Waals surface area contributed by atoms with Gasteiger partial charge in [-0.3, -0.25) is 0 Å². The molecule has 1 aromatic carbocycles. The van der Waals surface area contributed by atoms with Crippen LogP contribution in [0.3, 0.4) is 0 Å². The number of rotatable bonds is 1. The van der Waals surface area contributed by atoms with E-state index in [1.807, 2.05) is 0 Å². The number of nitrogens with zero attached hydrogens (tertiary/aromatic N) is 1. The summed E-state index contributed by atoms with van der Waals surface area (Å²) in [5.41, 5.74) is -0.172. The van der Waals surface area contributed by atoms with Gasteiger partial charge in [0.2, 0.25) is 0 Å². The van der Waals surface area contributed by atoms with Crippen molar-refractivity contribution in [2.75, 3.05) is 0 Å². The smallest absolute Gasteiger partial charge is 0.411 e. The fourth-order valence-electron chi connectivity index (χ4n) is 1.39. The van der Waals surface area contributed by atoms with Crippen LogP contribution < -0.4 is 0 Å². The zero-order valence-corrected chi connectivity index (χ0v) is 8.26. The van der Waals surface area contributed by atoms with Gasteiger partial charge in [0.25, 0.3) is 0 Å². The molecule has 0 unspecified atom stereocenters. The minimum atomic E-state index is -4.38. The lowest BCUT2D eigenvalue weighted by molar-refractivity contribution is -0.138. The molecule has 15 heavy (non-hydrogen) atoms. The van der Waals surface area contributed by atoms with E-state index in [-0.39, 0.29) is 11.3 Å². The largest absolute Gasteiger partial charge is 0.416 e. The van der Waals surface area contributed by atoms with E-state index in [4.69, 9.17) is 5.21 Å². The molecule has 1 N–H and O–H groups in total. The van der Waals surface area contributed by atoms with Crippen molar-refractivity contribution in [3.8, 4) is 0 Å². The van der Waals surface area contributed by atoms with Crippen molar-refractivity contribution < 1.29 is 18.4 Å². The number of hydrogen-bond donors (Lipinski definition) is 1. The lowest BCUT2D eigenvalue weighted by atomic mass is 9.99. The summed E-state index contributed by atoms with van der Waals surface area (Å²) in [6, 6.07) is 3.78. The average molecular weight is 217 g/mol. The van der Waals surface area contributed by atoms with Gasteiger partial charge >= 0.3 is 6.18 Å². The molecule has 0 radical (unpaired) electrons. The molecule has 1 rings (SSSR count). The van der Waals surface area contributed by atoms with Crippen LogP contribution in [-0.2, 0) is 6.18 Å². The summed E-state index contributed by atoms with van der Waals surface area (Å²) in [7, 11) is 0. The first kappa shape index (κ1) is 11.6. The molecule has 0 aliphatic carbocycles. The molecule has 0 atom stereocenters. The molecule has 0 heterocycles. The van der Waals surface area contributed by atoms with Crippen molar-refractivity contribution in [1.29, 1.82) is 0 Å². The maximum atomic E-state index is 12.5. The maximum absolute atomic E-state index is 12.5. The Balaban J connectivity index is 3.36. The van der Waals surface area contributed by atoms with E-state index in [1.165, 1.54) is 26.0 Å². The Morgan fingerprint density at radius 2 is 1.93 bits per heavy atom. The Hall–Kier alpha value is -1.52. The van der Waals surface area contributed by atoms with Gasteiger partial charge in [0.1, 0.15) is 0 Å². The minimum absolute atomic E-state index is 0.0697. The van der Waals surface area contributed by atoms with Gasteiger partial charge in [-0.1, -0.05) is 17.3 Å². The molecular formula is C10H10F3NO. The van der Waals surface area contributed by atoms with Crippen molar-refractivity contribution in [3.05, 3.63) is 34.9 Å². The van der Waals surface area contributed by atoms with Crippen LogP contribution in [0.15, 0.2) is 23.4 Å². The van der Waals surface area contributed by atoms with Gasteiger partial charge in [0.05, 0.1) is 11.3 Å². The third-order valence-electron chi connectivity index (χ3n) is 2.18. The predicted molar refractivity (Wildman–Crippen MR) is 50.2 cm³/mol. The fourth-order valence-corrected chi connectivity index (χ4v) is 1.39. The molecule has 0 fully saturated rings. The topological polar surface area (TPSA) is 32.6 Å². The zero-order valence-electron chi connectivity index (χ0n) is 8.26. The highest BCUT2D eigenvalue weighted by Gasteiger charge is 2.32. The number of alkyl halides is 3. The van der Waals surface area contributed by atoms with Gasteiger partial charge in [0, 0.05) is 5.56 Å². The fraction of sp³-hybridized carbons (Fsp3) is 0.300. The van der Waals surface area contributed by atoms with Crippen molar-refractivity contribution >= 4 is 5.71 Å². The highest BCUT2D eigenvalue weighted by molar-refractivity contribution is 5.99. The molecular weight excluding hydrogens is 207 g/mol. The molecule has 82 valence electrons. The Morgan fingerprint density at radius 3 is 2.40 bits per heavy atom. The first-order valence-corrected chi connectivity index (χ1v) is 4.23. The Morgan fingerprint density at radius 1 is 1.33 bits per heavy atom. The van der Waals surface area contributed by atoms with Crippen LogP contribution in [0, 0.1) is 6.92 Å². The second-order valence-corrected chi connectivity index (χ2v) is 3.16. The molecule has 0 aliphatic heterocycles. The first-order chi connectivity index (χ1) is 6.88. The summed E-state index contributed by atoms with van der Waals surface area (Å²) in [4.78, 5) is 0. The van der Waals surface area contributed by atoms with Crippen molar-refractivity contribution in [1.82, 2.24) is 0 Å². The monoisotopic (exact) mass is 217 g/mol. The van der Waals surface area contributed by atoms with Gasteiger partial charge in [-0.2, -0.15) is 13.2 Å². The summed E-state index contributed by atoms with van der Waals surface area (Å²) in [6.45, 7) is 2.80. The molecule has 0 aliphatic rings. The van der Waals surface area contributed by atoms with E-state index in [2.05, 4.69) is 5.16 Å². The van der Waals surface area contributed by atoms with Crippen LogP contribution in [-0.4, -0.2) is 10.9 Å². The molecule has 0 saturated heterocycles. The van der Waals surface area contributed by atoms with E-state index in [1.54, 1.807) is 0 Å². The van der Waals surface area contributed by atoms with E-state index in [9.17, 15) is 13.2 Å². The van der Waals surface area contributed by atoms with E-state index in [0.29, 0.717) is 5.56 Å².